The van der Waals surface area contributed by atoms with E-state index in [-0.39, 0.29) is 12.5 Å². The molecule has 7 nitrogen and oxygen atoms in total. The highest BCUT2D eigenvalue weighted by Gasteiger charge is 2.41. The molecule has 1 aliphatic rings. The molecule has 1 amide bonds. The van der Waals surface area contributed by atoms with Crippen molar-refractivity contribution >= 4 is 28.9 Å². The molecule has 7 heteroatoms. The topological polar surface area (TPSA) is 85.3 Å². The smallest absolute Gasteiger partial charge is 0.442 e. The summed E-state index contributed by atoms with van der Waals surface area (Å²) in [4.78, 5) is 33.6. The Morgan fingerprint density at radius 2 is 2.00 bits per heavy atom. The van der Waals surface area contributed by atoms with Gasteiger partial charge in [0.25, 0.3) is 0 Å². The van der Waals surface area contributed by atoms with Crippen LogP contribution in [0.25, 0.3) is 16.8 Å². The maximum Gasteiger partial charge on any atom is 0.442 e. The molecule has 0 saturated carbocycles. The van der Waals surface area contributed by atoms with E-state index in [0.717, 1.165) is 27.6 Å². The monoisotopic (exact) mass is 371 g/mol. The Labute approximate surface area is 156 Å². The van der Waals surface area contributed by atoms with E-state index < -0.39 is 18.1 Å². The minimum absolute atomic E-state index is 0.116. The van der Waals surface area contributed by atoms with Crippen LogP contribution in [0.15, 0.2) is 36.9 Å². The lowest BCUT2D eigenvalue weighted by molar-refractivity contribution is -0.222. The van der Waals surface area contributed by atoms with Crippen LogP contribution < -0.4 is 4.74 Å². The normalized spacial score (nSPS) is 19.1. The Morgan fingerprint density at radius 3 is 2.63 bits per heavy atom. The molecule has 2 aromatic carbocycles. The number of carbonyl (C=O) groups is 2. The van der Waals surface area contributed by atoms with Crippen molar-refractivity contribution in [2.24, 2.45) is 0 Å². The molecule has 142 valence electrons. The number of carboxylic acid groups (broad SMARTS) is 1. The van der Waals surface area contributed by atoms with E-state index in [1.54, 1.807) is 13.2 Å². The van der Waals surface area contributed by atoms with Crippen molar-refractivity contribution in [3.05, 3.63) is 48.0 Å². The number of likely N-dealkylation sites (tertiary alicyclic amines) is 1. The third-order valence-electron chi connectivity index (χ3n) is 4.88. The number of benzene rings is 2. The first kappa shape index (κ1) is 18.7. The lowest BCUT2D eigenvalue weighted by Gasteiger charge is -2.19. The molecule has 0 aliphatic carbocycles. The number of ether oxygens (including phenoxy) is 1. The van der Waals surface area contributed by atoms with Crippen molar-refractivity contribution in [3.63, 3.8) is 0 Å². The van der Waals surface area contributed by atoms with Gasteiger partial charge in [-0.3, -0.25) is 9.79 Å². The van der Waals surface area contributed by atoms with Gasteiger partial charge in [0.05, 0.1) is 14.2 Å². The fourth-order valence-corrected chi connectivity index (χ4v) is 3.54. The average molecular weight is 371 g/mol. The zero-order valence-corrected chi connectivity index (χ0v) is 15.2. The minimum atomic E-state index is -1.06. The van der Waals surface area contributed by atoms with Gasteiger partial charge in [-0.05, 0) is 34.9 Å². The molecule has 2 atom stereocenters. The molecule has 3 rings (SSSR count). The van der Waals surface area contributed by atoms with E-state index in [1.165, 1.54) is 12.0 Å². The third kappa shape index (κ3) is 3.59. The number of hydrogen-bond donors (Lipinski definition) is 1. The zero-order valence-electron chi connectivity index (χ0n) is 15.2. The summed E-state index contributed by atoms with van der Waals surface area (Å²) in [5.74, 6) is -0.440. The van der Waals surface area contributed by atoms with E-state index >= 15 is 0 Å². The summed E-state index contributed by atoms with van der Waals surface area (Å²) in [6, 6.07) is 8.89. The van der Waals surface area contributed by atoms with Gasteiger partial charge in [0.1, 0.15) is 11.8 Å². The van der Waals surface area contributed by atoms with Gasteiger partial charge in [0.2, 0.25) is 0 Å². The molecule has 0 spiro atoms. The number of aliphatic carboxylic acids is 1. The second-order valence-electron chi connectivity index (χ2n) is 6.36. The van der Waals surface area contributed by atoms with Crippen molar-refractivity contribution in [2.75, 3.05) is 20.8 Å². The molecule has 0 radical (unpaired) electrons. The van der Waals surface area contributed by atoms with Crippen LogP contribution in [0.4, 0.5) is 4.79 Å². The molecular weight excluding hydrogens is 350 g/mol. The van der Waals surface area contributed by atoms with Gasteiger partial charge in [0, 0.05) is 18.0 Å². The van der Waals surface area contributed by atoms with E-state index in [0.29, 0.717) is 6.42 Å². The first-order chi connectivity index (χ1) is 13.0. The minimum Gasteiger partial charge on any atom is -0.496 e. The van der Waals surface area contributed by atoms with Crippen LogP contribution in [0.1, 0.15) is 23.5 Å². The predicted octanol–water partition coefficient (Wildman–Crippen LogP) is 3.43. The molecule has 1 heterocycles. The van der Waals surface area contributed by atoms with E-state index in [1.807, 2.05) is 30.3 Å². The fourth-order valence-electron chi connectivity index (χ4n) is 3.54. The van der Waals surface area contributed by atoms with Crippen LogP contribution in [0.5, 0.6) is 5.75 Å². The van der Waals surface area contributed by atoms with Gasteiger partial charge in [-0.15, -0.1) is 0 Å². The van der Waals surface area contributed by atoms with Gasteiger partial charge in [-0.1, -0.05) is 30.9 Å². The maximum absolute atomic E-state index is 12.0. The number of fused-ring (bicyclic) bond motifs is 1. The number of carboxylic acids is 1. The molecule has 1 saturated heterocycles. The molecule has 1 aliphatic heterocycles. The summed E-state index contributed by atoms with van der Waals surface area (Å²) in [5.41, 5.74) is 1.84. The number of hydrogen-bond acceptors (Lipinski definition) is 5. The Bertz CT molecular complexity index is 893. The van der Waals surface area contributed by atoms with Gasteiger partial charge in [-0.2, -0.15) is 4.89 Å². The lowest BCUT2D eigenvalue weighted by Crippen LogP contribution is -2.40. The summed E-state index contributed by atoms with van der Waals surface area (Å²) < 4.78 is 5.37. The van der Waals surface area contributed by atoms with Gasteiger partial charge in [0.15, 0.2) is 0 Å². The van der Waals surface area contributed by atoms with E-state index in [4.69, 9.17) is 4.74 Å². The van der Waals surface area contributed by atoms with Crippen molar-refractivity contribution < 1.29 is 29.2 Å². The van der Waals surface area contributed by atoms with Crippen LogP contribution in [-0.2, 0) is 14.6 Å². The Morgan fingerprint density at radius 1 is 1.22 bits per heavy atom. The summed E-state index contributed by atoms with van der Waals surface area (Å²) in [6.07, 6.45) is 1.24. The van der Waals surface area contributed by atoms with Crippen LogP contribution in [0.2, 0.25) is 0 Å². The highest BCUT2D eigenvalue weighted by Crippen LogP contribution is 2.35. The standard InChI is InChI=1S/C20H21NO6/c1-4-12-7-15-8-13(5-6-14(15)10-18(12)25-2)16-9-17(19(22)23)21(11-16)20(24)27-26-3/h4-8,10,16-17H,1,9,11H2,2-3H3,(H,22,23). The summed E-state index contributed by atoms with van der Waals surface area (Å²) >= 11 is 0. The zero-order chi connectivity index (χ0) is 19.6. The maximum atomic E-state index is 12.0. The first-order valence-electron chi connectivity index (χ1n) is 8.46. The molecular formula is C20H21NO6. The fraction of sp³-hybridized carbons (Fsp3) is 0.300. The highest BCUT2D eigenvalue weighted by molar-refractivity contribution is 5.88. The van der Waals surface area contributed by atoms with Gasteiger partial charge in [-0.25, -0.2) is 9.59 Å². The van der Waals surface area contributed by atoms with Crippen molar-refractivity contribution in [2.45, 2.75) is 18.4 Å². The number of rotatable bonds is 5. The predicted molar refractivity (Wildman–Crippen MR) is 99.6 cm³/mol. The second-order valence-corrected chi connectivity index (χ2v) is 6.36. The third-order valence-corrected chi connectivity index (χ3v) is 4.88. The highest BCUT2D eigenvalue weighted by atomic mass is 17.2. The Balaban J connectivity index is 1.93. The molecule has 0 aromatic heterocycles. The largest absolute Gasteiger partial charge is 0.496 e. The number of methoxy groups -OCH3 is 1. The Kier molecular flexibility index (Phi) is 5.32. The summed E-state index contributed by atoms with van der Waals surface area (Å²) in [5, 5.41) is 11.4. The lowest BCUT2D eigenvalue weighted by atomic mass is 9.93. The number of nitrogens with zero attached hydrogens (tertiary/aromatic N) is 1. The Hall–Kier alpha value is -3.06. The van der Waals surface area contributed by atoms with Crippen molar-refractivity contribution in [1.29, 1.82) is 0 Å². The van der Waals surface area contributed by atoms with Crippen LogP contribution in [0, 0.1) is 0 Å². The van der Waals surface area contributed by atoms with E-state index in [2.05, 4.69) is 16.4 Å². The molecule has 1 N–H and O–H groups in total. The molecule has 1 fully saturated rings. The molecule has 2 unspecified atom stereocenters. The second kappa shape index (κ2) is 7.67. The van der Waals surface area contributed by atoms with Crippen molar-refractivity contribution in [1.82, 2.24) is 4.90 Å². The quantitative estimate of drug-likeness (QED) is 0.640. The van der Waals surface area contributed by atoms with Gasteiger partial charge >= 0.3 is 12.1 Å². The number of amides is 1. The van der Waals surface area contributed by atoms with Crippen LogP contribution >= 0.6 is 0 Å². The first-order valence-corrected chi connectivity index (χ1v) is 8.46. The SMILES string of the molecule is C=Cc1cc2cc(C3CC(C(=O)O)N(C(=O)OOC)C3)ccc2cc1OC. The van der Waals surface area contributed by atoms with Gasteiger partial charge < -0.3 is 9.84 Å². The molecule has 27 heavy (non-hydrogen) atoms. The van der Waals surface area contributed by atoms with Crippen LogP contribution in [-0.4, -0.2) is 48.9 Å². The average Bonchev–Trinajstić information content (AvgIpc) is 3.12. The van der Waals surface area contributed by atoms with E-state index in [9.17, 15) is 14.7 Å². The van der Waals surface area contributed by atoms with Crippen molar-refractivity contribution in [3.8, 4) is 5.75 Å². The number of carbonyl (C=O) groups excluding carboxylic acids is 1. The molecule has 2 aromatic rings. The summed E-state index contributed by atoms with van der Waals surface area (Å²) in [6.45, 7) is 4.05. The molecule has 0 bridgehead atoms. The van der Waals surface area contributed by atoms with Crippen LogP contribution in [0.3, 0.4) is 0 Å². The summed E-state index contributed by atoms with van der Waals surface area (Å²) in [7, 11) is 2.82.